The Hall–Kier alpha value is -2.17. The molecule has 0 amide bonds. The molecule has 1 N–H and O–H groups in total. The summed E-state index contributed by atoms with van der Waals surface area (Å²) in [7, 11) is 0. The van der Waals surface area contributed by atoms with Crippen LogP contribution in [0.15, 0.2) is 12.1 Å². The van der Waals surface area contributed by atoms with Gasteiger partial charge in [0.15, 0.2) is 0 Å². The lowest BCUT2D eigenvalue weighted by molar-refractivity contribution is -0.140. The van der Waals surface area contributed by atoms with E-state index in [0.29, 0.717) is 6.07 Å². The fraction of sp³-hybridized carbons (Fsp3) is 0.273. The van der Waals surface area contributed by atoms with Crippen LogP contribution in [0, 0.1) is 11.3 Å². The van der Waals surface area contributed by atoms with Crippen LogP contribution < -0.4 is 0 Å². The Morgan fingerprint density at radius 1 is 1.37 bits per heavy atom. The lowest BCUT2D eigenvalue weighted by Gasteiger charge is -2.14. The second kappa shape index (κ2) is 5.22. The van der Waals surface area contributed by atoms with Crippen molar-refractivity contribution in [2.75, 3.05) is 0 Å². The number of carbonyl (C=O) groups is 1. The number of carboxylic acid groups (broad SMARTS) is 1. The van der Waals surface area contributed by atoms with E-state index in [0.717, 1.165) is 0 Å². The van der Waals surface area contributed by atoms with Gasteiger partial charge in [0, 0.05) is 5.56 Å². The van der Waals surface area contributed by atoms with Gasteiger partial charge in [-0.2, -0.15) is 18.4 Å². The first-order chi connectivity index (χ1) is 8.66. The Kier molecular flexibility index (Phi) is 4.09. The maximum absolute atomic E-state index is 12.6. The minimum absolute atomic E-state index is 0.286. The Bertz CT molecular complexity index is 545. The van der Waals surface area contributed by atoms with Gasteiger partial charge in [-0.25, -0.2) is 8.78 Å². The first-order valence-corrected chi connectivity index (χ1v) is 4.81. The van der Waals surface area contributed by atoms with E-state index < -0.39 is 47.2 Å². The first kappa shape index (κ1) is 14.9. The molecule has 0 spiro atoms. The Balaban J connectivity index is 3.53. The number of halogens is 5. The minimum Gasteiger partial charge on any atom is -0.481 e. The molecule has 1 aromatic rings. The second-order valence-electron chi connectivity index (χ2n) is 3.58. The van der Waals surface area contributed by atoms with E-state index in [1.54, 1.807) is 0 Å². The normalized spacial score (nSPS) is 11.4. The summed E-state index contributed by atoms with van der Waals surface area (Å²) in [6, 6.07) is 2.08. The molecule has 0 radical (unpaired) electrons. The van der Waals surface area contributed by atoms with Gasteiger partial charge < -0.3 is 5.11 Å². The van der Waals surface area contributed by atoms with Crippen LogP contribution in [0.2, 0.25) is 0 Å². The van der Waals surface area contributed by atoms with E-state index in [4.69, 9.17) is 10.4 Å². The first-order valence-electron chi connectivity index (χ1n) is 4.81. The predicted molar refractivity (Wildman–Crippen MR) is 52.5 cm³/mol. The van der Waals surface area contributed by atoms with Gasteiger partial charge in [-0.15, -0.1) is 0 Å². The van der Waals surface area contributed by atoms with Crippen molar-refractivity contribution in [3.05, 3.63) is 34.4 Å². The standard InChI is InChI=1S/C11H6F5NO2/c12-10(13)7-1-6(4-17)5(3-9(18)19)2-8(7)11(14,15)16/h1-2,10H,3H2,(H,18,19). The molecule has 0 fully saturated rings. The number of rotatable bonds is 3. The third-order valence-corrected chi connectivity index (χ3v) is 2.28. The number of hydrogen-bond acceptors (Lipinski definition) is 2. The quantitative estimate of drug-likeness (QED) is 0.864. The molecular formula is C11H6F5NO2. The van der Waals surface area contributed by atoms with Crippen LogP contribution >= 0.6 is 0 Å². The van der Waals surface area contributed by atoms with Gasteiger partial charge in [0.05, 0.1) is 23.6 Å². The summed E-state index contributed by atoms with van der Waals surface area (Å²) < 4.78 is 62.9. The van der Waals surface area contributed by atoms with Crippen molar-refractivity contribution in [2.45, 2.75) is 19.0 Å². The van der Waals surface area contributed by atoms with Crippen molar-refractivity contribution >= 4 is 5.97 Å². The van der Waals surface area contributed by atoms with Gasteiger partial charge in [0.1, 0.15) is 0 Å². The lowest BCUT2D eigenvalue weighted by Crippen LogP contribution is -2.13. The monoisotopic (exact) mass is 279 g/mol. The van der Waals surface area contributed by atoms with Crippen LogP contribution in [0.3, 0.4) is 0 Å². The number of alkyl halides is 5. The number of nitrogens with zero attached hydrogens (tertiary/aromatic N) is 1. The minimum atomic E-state index is -5.05. The summed E-state index contributed by atoms with van der Waals surface area (Å²) in [5, 5.41) is 17.2. The van der Waals surface area contributed by atoms with E-state index in [9.17, 15) is 26.7 Å². The van der Waals surface area contributed by atoms with E-state index in [2.05, 4.69) is 0 Å². The SMILES string of the molecule is N#Cc1cc(C(F)F)c(C(F)(F)F)cc1CC(=O)O. The van der Waals surface area contributed by atoms with Crippen molar-refractivity contribution in [3.8, 4) is 6.07 Å². The zero-order chi connectivity index (χ0) is 14.8. The molecule has 0 aliphatic rings. The number of benzene rings is 1. The molecule has 0 aromatic heterocycles. The number of hydrogen-bond donors (Lipinski definition) is 1. The Morgan fingerprint density at radius 2 is 1.95 bits per heavy atom. The maximum Gasteiger partial charge on any atom is 0.416 e. The number of carboxylic acids is 1. The molecule has 102 valence electrons. The zero-order valence-electron chi connectivity index (χ0n) is 9.13. The van der Waals surface area contributed by atoms with Crippen LogP contribution in [0.25, 0.3) is 0 Å². The summed E-state index contributed by atoms with van der Waals surface area (Å²) in [6.07, 6.45) is -9.31. The predicted octanol–water partition coefficient (Wildman–Crippen LogP) is 3.14. The number of aliphatic carboxylic acids is 1. The van der Waals surface area contributed by atoms with Gasteiger partial charge in [0.2, 0.25) is 0 Å². The molecule has 8 heteroatoms. The van der Waals surface area contributed by atoms with Crippen molar-refractivity contribution < 1.29 is 31.9 Å². The molecule has 0 saturated carbocycles. The molecule has 0 unspecified atom stereocenters. The van der Waals surface area contributed by atoms with Gasteiger partial charge in [0.25, 0.3) is 6.43 Å². The van der Waals surface area contributed by atoms with Crippen molar-refractivity contribution in [1.82, 2.24) is 0 Å². The topological polar surface area (TPSA) is 61.1 Å². The van der Waals surface area contributed by atoms with E-state index in [1.807, 2.05) is 0 Å². The van der Waals surface area contributed by atoms with Crippen LogP contribution in [0.1, 0.15) is 28.7 Å². The molecule has 0 aliphatic heterocycles. The van der Waals surface area contributed by atoms with Gasteiger partial charge in [-0.3, -0.25) is 4.79 Å². The number of nitriles is 1. The van der Waals surface area contributed by atoms with Crippen LogP contribution in [0.4, 0.5) is 22.0 Å². The molecule has 3 nitrogen and oxygen atoms in total. The summed E-state index contributed by atoms with van der Waals surface area (Å²) in [5.41, 5.74) is -3.92. The molecule has 0 aliphatic carbocycles. The van der Waals surface area contributed by atoms with Crippen LogP contribution in [-0.2, 0) is 17.4 Å². The molecule has 19 heavy (non-hydrogen) atoms. The average molecular weight is 279 g/mol. The summed E-state index contributed by atoms with van der Waals surface area (Å²) in [5.74, 6) is -1.46. The lowest BCUT2D eigenvalue weighted by atomic mass is 9.96. The summed E-state index contributed by atoms with van der Waals surface area (Å²) in [6.45, 7) is 0. The highest BCUT2D eigenvalue weighted by atomic mass is 19.4. The van der Waals surface area contributed by atoms with E-state index in [1.165, 1.54) is 6.07 Å². The fourth-order valence-electron chi connectivity index (χ4n) is 1.50. The van der Waals surface area contributed by atoms with Crippen LogP contribution in [0.5, 0.6) is 0 Å². The van der Waals surface area contributed by atoms with Gasteiger partial charge >= 0.3 is 12.1 Å². The highest BCUT2D eigenvalue weighted by molar-refractivity contribution is 5.71. The summed E-state index contributed by atoms with van der Waals surface area (Å²) in [4.78, 5) is 10.5. The molecule has 0 saturated heterocycles. The second-order valence-corrected chi connectivity index (χ2v) is 3.58. The molecule has 1 aromatic carbocycles. The molecular weight excluding hydrogens is 273 g/mol. The average Bonchev–Trinajstić information content (AvgIpc) is 2.26. The molecule has 0 atom stereocenters. The van der Waals surface area contributed by atoms with E-state index in [-0.39, 0.29) is 6.07 Å². The largest absolute Gasteiger partial charge is 0.481 e. The molecule has 0 heterocycles. The van der Waals surface area contributed by atoms with Gasteiger partial charge in [-0.1, -0.05) is 0 Å². The zero-order valence-corrected chi connectivity index (χ0v) is 9.13. The Labute approximate surface area is 103 Å². The highest BCUT2D eigenvalue weighted by Crippen LogP contribution is 2.38. The summed E-state index contributed by atoms with van der Waals surface area (Å²) >= 11 is 0. The Morgan fingerprint density at radius 3 is 2.32 bits per heavy atom. The maximum atomic E-state index is 12.6. The van der Waals surface area contributed by atoms with E-state index >= 15 is 0 Å². The highest BCUT2D eigenvalue weighted by Gasteiger charge is 2.36. The third kappa shape index (κ3) is 3.40. The van der Waals surface area contributed by atoms with Crippen molar-refractivity contribution in [2.24, 2.45) is 0 Å². The smallest absolute Gasteiger partial charge is 0.416 e. The fourth-order valence-corrected chi connectivity index (χ4v) is 1.50. The third-order valence-electron chi connectivity index (χ3n) is 2.28. The molecule has 0 bridgehead atoms. The molecule has 1 rings (SSSR count). The van der Waals surface area contributed by atoms with Crippen molar-refractivity contribution in [3.63, 3.8) is 0 Å². The van der Waals surface area contributed by atoms with Crippen molar-refractivity contribution in [1.29, 1.82) is 5.26 Å². The van der Waals surface area contributed by atoms with Crippen LogP contribution in [-0.4, -0.2) is 11.1 Å². The van der Waals surface area contributed by atoms with Gasteiger partial charge in [-0.05, 0) is 17.7 Å².